The van der Waals surface area contributed by atoms with Crippen molar-refractivity contribution in [1.82, 2.24) is 9.97 Å². The van der Waals surface area contributed by atoms with Crippen LogP contribution in [-0.4, -0.2) is 26.8 Å². The number of carboxylic acids is 1. The Morgan fingerprint density at radius 1 is 1.18 bits per heavy atom. The minimum Gasteiger partial charge on any atom is -0.476 e. The molecule has 0 atom stereocenters. The van der Waals surface area contributed by atoms with Gasteiger partial charge in [0.1, 0.15) is 0 Å². The Kier molecular flexibility index (Phi) is 3.57. The fraction of sp³-hybridized carbons (Fsp3) is 0.0625. The number of benzene rings is 2. The standard InChI is InChI=1S/C16H14N4O2/c1-10-6-8-11(9-7-10)14(15(21)22)19-20-16-17-12-4-2-3-5-13(12)18-16/h2-9H,1H3,(H,21,22)(H2,17,18,20)/b19-14-. The first kappa shape index (κ1) is 13.8. The summed E-state index contributed by atoms with van der Waals surface area (Å²) in [5.74, 6) is -0.709. The number of aliphatic carboxylic acids is 1. The quantitative estimate of drug-likeness (QED) is 0.510. The number of hydrogen-bond acceptors (Lipinski definition) is 4. The van der Waals surface area contributed by atoms with Crippen LogP contribution in [0.2, 0.25) is 0 Å². The van der Waals surface area contributed by atoms with E-state index in [-0.39, 0.29) is 5.71 Å². The average Bonchev–Trinajstić information content (AvgIpc) is 2.91. The summed E-state index contributed by atoms with van der Waals surface area (Å²) in [6, 6.07) is 14.6. The highest BCUT2D eigenvalue weighted by molar-refractivity contribution is 6.42. The summed E-state index contributed by atoms with van der Waals surface area (Å²) >= 11 is 0. The number of H-pyrrole nitrogens is 1. The molecule has 0 aliphatic carbocycles. The van der Waals surface area contributed by atoms with E-state index < -0.39 is 5.97 Å². The lowest BCUT2D eigenvalue weighted by atomic mass is 10.1. The number of aromatic nitrogens is 2. The molecule has 3 rings (SSSR count). The molecule has 2 aromatic carbocycles. The van der Waals surface area contributed by atoms with Crippen LogP contribution in [-0.2, 0) is 4.79 Å². The summed E-state index contributed by atoms with van der Waals surface area (Å²) in [4.78, 5) is 18.7. The Bertz CT molecular complexity index is 817. The minimum absolute atomic E-state index is 0.0690. The van der Waals surface area contributed by atoms with Crippen LogP contribution in [0.25, 0.3) is 11.0 Å². The topological polar surface area (TPSA) is 90.4 Å². The number of anilines is 1. The molecular weight excluding hydrogens is 280 g/mol. The molecule has 3 N–H and O–H groups in total. The van der Waals surface area contributed by atoms with Gasteiger partial charge in [0.15, 0.2) is 5.71 Å². The maximum absolute atomic E-state index is 11.4. The van der Waals surface area contributed by atoms with Gasteiger partial charge in [-0.25, -0.2) is 15.2 Å². The van der Waals surface area contributed by atoms with Crippen LogP contribution in [0, 0.1) is 6.92 Å². The molecule has 0 amide bonds. The molecule has 110 valence electrons. The van der Waals surface area contributed by atoms with E-state index in [1.165, 1.54) is 0 Å². The number of hydrazone groups is 1. The molecule has 0 radical (unpaired) electrons. The lowest BCUT2D eigenvalue weighted by molar-refractivity contribution is -0.129. The molecule has 6 nitrogen and oxygen atoms in total. The molecule has 22 heavy (non-hydrogen) atoms. The van der Waals surface area contributed by atoms with E-state index in [1.807, 2.05) is 43.3 Å². The van der Waals surface area contributed by atoms with E-state index in [9.17, 15) is 9.90 Å². The van der Waals surface area contributed by atoms with Crippen molar-refractivity contribution in [3.05, 3.63) is 59.7 Å². The molecule has 0 saturated heterocycles. The number of carbonyl (C=O) groups is 1. The number of imidazole rings is 1. The summed E-state index contributed by atoms with van der Waals surface area (Å²) < 4.78 is 0. The van der Waals surface area contributed by atoms with E-state index >= 15 is 0 Å². The second kappa shape index (κ2) is 5.69. The number of aryl methyl sites for hydroxylation is 1. The summed E-state index contributed by atoms with van der Waals surface area (Å²) in [6.07, 6.45) is 0. The van der Waals surface area contributed by atoms with Crippen molar-refractivity contribution in [2.75, 3.05) is 5.43 Å². The van der Waals surface area contributed by atoms with Gasteiger partial charge in [0, 0.05) is 5.56 Å². The highest BCUT2D eigenvalue weighted by atomic mass is 16.4. The van der Waals surface area contributed by atoms with Crippen LogP contribution in [0.4, 0.5) is 5.95 Å². The van der Waals surface area contributed by atoms with Gasteiger partial charge in [0.05, 0.1) is 11.0 Å². The van der Waals surface area contributed by atoms with Gasteiger partial charge in [0.2, 0.25) is 5.95 Å². The highest BCUT2D eigenvalue weighted by Crippen LogP contribution is 2.13. The Balaban J connectivity index is 1.89. The van der Waals surface area contributed by atoms with Crippen molar-refractivity contribution in [1.29, 1.82) is 0 Å². The maximum atomic E-state index is 11.4. The molecule has 0 fully saturated rings. The molecule has 3 aromatic rings. The van der Waals surface area contributed by atoms with E-state index in [1.54, 1.807) is 12.1 Å². The van der Waals surface area contributed by atoms with Crippen molar-refractivity contribution in [3.63, 3.8) is 0 Å². The van der Waals surface area contributed by atoms with Crippen LogP contribution in [0.5, 0.6) is 0 Å². The van der Waals surface area contributed by atoms with E-state index in [2.05, 4.69) is 20.5 Å². The molecule has 0 unspecified atom stereocenters. The summed E-state index contributed by atoms with van der Waals surface area (Å²) in [7, 11) is 0. The van der Waals surface area contributed by atoms with E-state index in [4.69, 9.17) is 0 Å². The first-order valence-electron chi connectivity index (χ1n) is 6.72. The first-order chi connectivity index (χ1) is 10.6. The zero-order chi connectivity index (χ0) is 15.5. The smallest absolute Gasteiger partial charge is 0.356 e. The van der Waals surface area contributed by atoms with Crippen molar-refractivity contribution in [2.45, 2.75) is 6.92 Å². The second-order valence-electron chi connectivity index (χ2n) is 4.85. The predicted octanol–water partition coefficient (Wildman–Crippen LogP) is 2.77. The van der Waals surface area contributed by atoms with Crippen molar-refractivity contribution >= 4 is 28.7 Å². The Morgan fingerprint density at radius 3 is 2.59 bits per heavy atom. The molecule has 0 saturated carbocycles. The third-order valence-corrected chi connectivity index (χ3v) is 3.19. The molecule has 0 aliphatic heterocycles. The molecular formula is C16H14N4O2. The highest BCUT2D eigenvalue weighted by Gasteiger charge is 2.13. The molecule has 1 heterocycles. The van der Waals surface area contributed by atoms with Gasteiger partial charge in [-0.05, 0) is 19.1 Å². The molecule has 0 bridgehead atoms. The fourth-order valence-corrected chi connectivity index (χ4v) is 2.06. The molecule has 0 spiro atoms. The normalized spacial score (nSPS) is 11.6. The minimum atomic E-state index is -1.10. The number of rotatable bonds is 4. The van der Waals surface area contributed by atoms with Crippen LogP contribution in [0.15, 0.2) is 53.6 Å². The number of para-hydroxylation sites is 2. The maximum Gasteiger partial charge on any atom is 0.356 e. The number of nitrogens with one attached hydrogen (secondary N) is 2. The average molecular weight is 294 g/mol. The largest absolute Gasteiger partial charge is 0.476 e. The zero-order valence-corrected chi connectivity index (χ0v) is 11.9. The first-order valence-corrected chi connectivity index (χ1v) is 6.72. The van der Waals surface area contributed by atoms with Crippen LogP contribution in [0.1, 0.15) is 11.1 Å². The van der Waals surface area contributed by atoms with Gasteiger partial charge in [-0.1, -0.05) is 42.0 Å². The van der Waals surface area contributed by atoms with Gasteiger partial charge in [-0.2, -0.15) is 5.10 Å². The lowest BCUT2D eigenvalue weighted by Crippen LogP contribution is -2.16. The third-order valence-electron chi connectivity index (χ3n) is 3.19. The van der Waals surface area contributed by atoms with Gasteiger partial charge in [-0.3, -0.25) is 0 Å². The van der Waals surface area contributed by atoms with Crippen molar-refractivity contribution < 1.29 is 9.90 Å². The van der Waals surface area contributed by atoms with Gasteiger partial charge < -0.3 is 10.1 Å². The lowest BCUT2D eigenvalue weighted by Gasteiger charge is -2.02. The van der Waals surface area contributed by atoms with E-state index in [0.717, 1.165) is 16.6 Å². The van der Waals surface area contributed by atoms with Crippen LogP contribution < -0.4 is 5.43 Å². The van der Waals surface area contributed by atoms with Gasteiger partial charge in [-0.15, -0.1) is 0 Å². The summed E-state index contributed by atoms with van der Waals surface area (Å²) in [6.45, 7) is 1.94. The number of aromatic amines is 1. The Labute approximate surface area is 126 Å². The number of nitrogens with zero attached hydrogens (tertiary/aromatic N) is 2. The predicted molar refractivity (Wildman–Crippen MR) is 85.1 cm³/mol. The third kappa shape index (κ3) is 2.80. The molecule has 6 heteroatoms. The number of fused-ring (bicyclic) bond motifs is 1. The molecule has 1 aromatic heterocycles. The Morgan fingerprint density at radius 2 is 1.91 bits per heavy atom. The van der Waals surface area contributed by atoms with E-state index in [0.29, 0.717) is 11.5 Å². The number of carboxylic acid groups (broad SMARTS) is 1. The van der Waals surface area contributed by atoms with Gasteiger partial charge in [0.25, 0.3) is 0 Å². The van der Waals surface area contributed by atoms with Crippen molar-refractivity contribution in [3.8, 4) is 0 Å². The SMILES string of the molecule is Cc1ccc(/C(=N/Nc2nc3ccccc3[nH]2)C(=O)O)cc1. The second-order valence-corrected chi connectivity index (χ2v) is 4.85. The number of hydrogen-bond donors (Lipinski definition) is 3. The summed E-state index contributed by atoms with van der Waals surface area (Å²) in [5.41, 5.74) is 5.82. The monoisotopic (exact) mass is 294 g/mol. The Hall–Kier alpha value is -3.15. The zero-order valence-electron chi connectivity index (χ0n) is 11.9. The molecule has 0 aliphatic rings. The fourth-order valence-electron chi connectivity index (χ4n) is 2.06. The van der Waals surface area contributed by atoms with Crippen molar-refractivity contribution in [2.24, 2.45) is 5.10 Å². The van der Waals surface area contributed by atoms with Crippen LogP contribution >= 0.6 is 0 Å². The van der Waals surface area contributed by atoms with Crippen LogP contribution in [0.3, 0.4) is 0 Å². The summed E-state index contributed by atoms with van der Waals surface area (Å²) in [5, 5.41) is 13.3. The van der Waals surface area contributed by atoms with Gasteiger partial charge >= 0.3 is 5.97 Å².